The van der Waals surface area contributed by atoms with Crippen LogP contribution in [0.5, 0.6) is 0 Å². The minimum absolute atomic E-state index is 0.0197. The summed E-state index contributed by atoms with van der Waals surface area (Å²) in [5, 5.41) is 7.72. The van der Waals surface area contributed by atoms with E-state index in [-0.39, 0.29) is 23.3 Å². The van der Waals surface area contributed by atoms with Gasteiger partial charge in [-0.25, -0.2) is 0 Å². The molecule has 3 aromatic rings. The van der Waals surface area contributed by atoms with Crippen LogP contribution in [-0.2, 0) is 4.79 Å². The Morgan fingerprint density at radius 2 is 1.92 bits per heavy atom. The van der Waals surface area contributed by atoms with Crippen molar-refractivity contribution < 1.29 is 4.79 Å². The number of hydrogen-bond acceptors (Lipinski definition) is 3. The zero-order chi connectivity index (χ0) is 18.1. The van der Waals surface area contributed by atoms with E-state index in [1.165, 1.54) is 5.56 Å². The third-order valence-corrected chi connectivity index (χ3v) is 5.55. The van der Waals surface area contributed by atoms with Crippen molar-refractivity contribution in [3.05, 3.63) is 75.1 Å². The van der Waals surface area contributed by atoms with Crippen molar-refractivity contribution in [2.45, 2.75) is 5.92 Å². The highest BCUT2D eigenvalue weighted by molar-refractivity contribution is 9.10. The molecule has 1 aromatic heterocycles. The van der Waals surface area contributed by atoms with E-state index in [9.17, 15) is 9.59 Å². The molecule has 1 saturated heterocycles. The molecule has 132 valence electrons. The number of H-pyrrole nitrogens is 1. The molecule has 1 aliphatic rings. The lowest BCUT2D eigenvalue weighted by molar-refractivity contribution is -0.119. The molecule has 3 N–H and O–H groups in total. The van der Waals surface area contributed by atoms with Gasteiger partial charge in [0.05, 0.1) is 11.6 Å². The zero-order valence-electron chi connectivity index (χ0n) is 14.0. The van der Waals surface area contributed by atoms with Gasteiger partial charge in [0.2, 0.25) is 5.91 Å². The maximum atomic E-state index is 12.9. The minimum atomic E-state index is -0.148. The van der Waals surface area contributed by atoms with Crippen LogP contribution < -0.4 is 16.2 Å². The molecular formula is C20H18BrN3O2. The van der Waals surface area contributed by atoms with E-state index < -0.39 is 0 Å². The van der Waals surface area contributed by atoms with Gasteiger partial charge in [0, 0.05) is 35.1 Å². The molecule has 4 rings (SSSR count). The Morgan fingerprint density at radius 3 is 2.73 bits per heavy atom. The van der Waals surface area contributed by atoms with Gasteiger partial charge < -0.3 is 15.6 Å². The van der Waals surface area contributed by atoms with E-state index in [0.29, 0.717) is 22.1 Å². The number of aromatic nitrogens is 1. The molecule has 0 bridgehead atoms. The quantitative estimate of drug-likeness (QED) is 0.619. The zero-order valence-corrected chi connectivity index (χ0v) is 15.5. The van der Waals surface area contributed by atoms with Gasteiger partial charge in [-0.1, -0.05) is 30.3 Å². The van der Waals surface area contributed by atoms with Gasteiger partial charge in [-0.05, 0) is 45.1 Å². The minimum Gasteiger partial charge on any atom is -0.329 e. The number of anilines is 1. The van der Waals surface area contributed by atoms with E-state index >= 15 is 0 Å². The average Bonchev–Trinajstić information content (AvgIpc) is 3.14. The average molecular weight is 412 g/mol. The summed E-state index contributed by atoms with van der Waals surface area (Å²) >= 11 is 3.47. The monoisotopic (exact) mass is 411 g/mol. The Bertz CT molecular complexity index is 1020. The van der Waals surface area contributed by atoms with E-state index in [1.54, 1.807) is 12.3 Å². The number of nitrogens with one attached hydrogen (secondary N) is 3. The third-order valence-electron chi connectivity index (χ3n) is 4.90. The first-order valence-electron chi connectivity index (χ1n) is 8.51. The molecule has 2 aromatic carbocycles. The highest BCUT2D eigenvalue weighted by Crippen LogP contribution is 2.31. The predicted octanol–water partition coefficient (Wildman–Crippen LogP) is 3.23. The number of hydrogen-bond donors (Lipinski definition) is 3. The normalized spacial score (nSPS) is 19.6. The molecule has 0 spiro atoms. The van der Waals surface area contributed by atoms with Crippen LogP contribution in [0.4, 0.5) is 5.69 Å². The summed E-state index contributed by atoms with van der Waals surface area (Å²) in [4.78, 5) is 27.5. The van der Waals surface area contributed by atoms with Gasteiger partial charge >= 0.3 is 0 Å². The highest BCUT2D eigenvalue weighted by Gasteiger charge is 2.34. The van der Waals surface area contributed by atoms with Crippen LogP contribution >= 0.6 is 15.9 Å². The number of rotatable bonds is 3. The topological polar surface area (TPSA) is 74.0 Å². The van der Waals surface area contributed by atoms with Crippen LogP contribution in [0.1, 0.15) is 11.5 Å². The van der Waals surface area contributed by atoms with Crippen LogP contribution in [0.3, 0.4) is 0 Å². The fourth-order valence-electron chi connectivity index (χ4n) is 3.54. The summed E-state index contributed by atoms with van der Waals surface area (Å²) in [6, 6.07) is 15.5. The first-order chi connectivity index (χ1) is 12.6. The Hall–Kier alpha value is -2.44. The van der Waals surface area contributed by atoms with E-state index in [2.05, 4.69) is 43.7 Å². The molecule has 1 fully saturated rings. The molecule has 1 amide bonds. The maximum Gasteiger partial charge on any atom is 0.255 e. The van der Waals surface area contributed by atoms with Crippen molar-refractivity contribution in [1.29, 1.82) is 0 Å². The Balaban J connectivity index is 1.61. The van der Waals surface area contributed by atoms with Crippen molar-refractivity contribution in [1.82, 2.24) is 10.3 Å². The van der Waals surface area contributed by atoms with Gasteiger partial charge in [0.1, 0.15) is 0 Å². The lowest BCUT2D eigenvalue weighted by Gasteiger charge is -2.19. The number of carbonyl (C=O) groups is 1. The molecule has 2 heterocycles. The summed E-state index contributed by atoms with van der Waals surface area (Å²) in [5.41, 5.74) is 1.69. The van der Waals surface area contributed by atoms with Crippen molar-refractivity contribution >= 4 is 38.3 Å². The van der Waals surface area contributed by atoms with Crippen LogP contribution in [0.25, 0.3) is 10.8 Å². The summed E-state index contributed by atoms with van der Waals surface area (Å²) in [7, 11) is 0. The number of fused-ring (bicyclic) bond motifs is 1. The molecule has 0 unspecified atom stereocenters. The molecule has 26 heavy (non-hydrogen) atoms. The lowest BCUT2D eigenvalue weighted by atomic mass is 9.88. The fourth-order valence-corrected chi connectivity index (χ4v) is 3.98. The van der Waals surface area contributed by atoms with Gasteiger partial charge in [0.15, 0.2) is 0 Å². The molecule has 0 saturated carbocycles. The smallest absolute Gasteiger partial charge is 0.255 e. The number of halogens is 1. The standard InChI is InChI=1S/C20H18BrN3O2/c21-17-9-14-13(6-7-23-19(14)25)8-18(17)24-20(26)16-11-22-10-15(16)12-4-2-1-3-5-12/h1-9,15-16,22H,10-11H2,(H,23,25)(H,24,26)/t15-,16+/m1/s1. The number of benzene rings is 2. The molecule has 2 atom stereocenters. The Labute approximate surface area is 158 Å². The molecule has 5 nitrogen and oxygen atoms in total. The second-order valence-electron chi connectivity index (χ2n) is 6.50. The summed E-state index contributed by atoms with van der Waals surface area (Å²) < 4.78 is 0.692. The SMILES string of the molecule is O=C(Nc1cc2cc[nH]c(=O)c2cc1Br)[C@H]1CNC[C@@H]1c1ccccc1. The summed E-state index contributed by atoms with van der Waals surface area (Å²) in [5.74, 6) is -0.00815. The number of carbonyl (C=O) groups excluding carboxylic acids is 1. The van der Waals surface area contributed by atoms with Gasteiger partial charge in [-0.15, -0.1) is 0 Å². The first-order valence-corrected chi connectivity index (χ1v) is 9.30. The first kappa shape index (κ1) is 17.0. The van der Waals surface area contributed by atoms with Gasteiger partial charge in [0.25, 0.3) is 5.56 Å². The maximum absolute atomic E-state index is 12.9. The second-order valence-corrected chi connectivity index (χ2v) is 7.35. The molecule has 0 radical (unpaired) electrons. The van der Waals surface area contributed by atoms with Crippen LogP contribution in [0.2, 0.25) is 0 Å². The molecule has 6 heteroatoms. The third kappa shape index (κ3) is 3.18. The molecule has 1 aliphatic heterocycles. The van der Waals surface area contributed by atoms with Crippen molar-refractivity contribution in [3.8, 4) is 0 Å². The molecule has 0 aliphatic carbocycles. The summed E-state index contributed by atoms with van der Waals surface area (Å²) in [6.07, 6.45) is 1.61. The summed E-state index contributed by atoms with van der Waals surface area (Å²) in [6.45, 7) is 1.44. The van der Waals surface area contributed by atoms with Crippen LogP contribution in [0, 0.1) is 5.92 Å². The number of aromatic amines is 1. The fraction of sp³-hybridized carbons (Fsp3) is 0.200. The highest BCUT2D eigenvalue weighted by atomic mass is 79.9. The molecular weight excluding hydrogens is 394 g/mol. The van der Waals surface area contributed by atoms with Gasteiger partial charge in [-0.2, -0.15) is 0 Å². The Morgan fingerprint density at radius 1 is 1.12 bits per heavy atom. The van der Waals surface area contributed by atoms with Crippen LogP contribution in [0.15, 0.2) is 64.0 Å². The lowest BCUT2D eigenvalue weighted by Crippen LogP contribution is -2.28. The van der Waals surface area contributed by atoms with E-state index in [0.717, 1.165) is 11.9 Å². The van der Waals surface area contributed by atoms with Crippen molar-refractivity contribution in [2.24, 2.45) is 5.92 Å². The van der Waals surface area contributed by atoms with Crippen molar-refractivity contribution in [3.63, 3.8) is 0 Å². The second kappa shape index (κ2) is 7.05. The van der Waals surface area contributed by atoms with Gasteiger partial charge in [-0.3, -0.25) is 9.59 Å². The van der Waals surface area contributed by atoms with E-state index in [1.807, 2.05) is 30.3 Å². The Kier molecular flexibility index (Phi) is 4.61. The predicted molar refractivity (Wildman–Crippen MR) is 106 cm³/mol. The van der Waals surface area contributed by atoms with Crippen molar-refractivity contribution in [2.75, 3.05) is 18.4 Å². The largest absolute Gasteiger partial charge is 0.329 e. The number of amides is 1. The van der Waals surface area contributed by atoms with Crippen LogP contribution in [-0.4, -0.2) is 24.0 Å². The van der Waals surface area contributed by atoms with E-state index in [4.69, 9.17) is 0 Å². The number of pyridine rings is 1.